The van der Waals surface area contributed by atoms with Gasteiger partial charge in [0.15, 0.2) is 0 Å². The van der Waals surface area contributed by atoms with E-state index in [0.29, 0.717) is 11.6 Å². The number of para-hydroxylation sites is 1. The highest BCUT2D eigenvalue weighted by Crippen LogP contribution is 2.27. The van der Waals surface area contributed by atoms with Crippen LogP contribution < -0.4 is 0 Å². The Hall–Kier alpha value is -2.68. The van der Waals surface area contributed by atoms with E-state index < -0.39 is 0 Å². The first kappa shape index (κ1) is 13.9. The highest BCUT2D eigenvalue weighted by atomic mass is 15.6. The van der Waals surface area contributed by atoms with Crippen LogP contribution in [-0.4, -0.2) is 58.9 Å². The van der Waals surface area contributed by atoms with Crippen LogP contribution in [0, 0.1) is 0 Å². The lowest BCUT2D eigenvalue weighted by Gasteiger charge is -2.32. The Balaban J connectivity index is 1.76. The molecule has 1 saturated heterocycles. The number of nitrogens with zero attached hydrogens (tertiary/aromatic N) is 9. The minimum Gasteiger partial charge on any atom is -0.285 e. The van der Waals surface area contributed by atoms with Crippen molar-refractivity contribution in [3.8, 4) is 17.3 Å². The lowest BCUT2D eigenvalue weighted by atomic mass is 10.1. The van der Waals surface area contributed by atoms with E-state index in [2.05, 4.69) is 43.0 Å². The van der Waals surface area contributed by atoms with Crippen molar-refractivity contribution >= 4 is 0 Å². The van der Waals surface area contributed by atoms with Crippen molar-refractivity contribution in [3.63, 3.8) is 0 Å². The minimum atomic E-state index is 0.134. The summed E-state index contributed by atoms with van der Waals surface area (Å²) in [5.74, 6) is 1.12. The van der Waals surface area contributed by atoms with E-state index in [0.717, 1.165) is 25.1 Å². The zero-order chi connectivity index (χ0) is 15.6. The first-order valence-electron chi connectivity index (χ1n) is 7.67. The maximum Gasteiger partial charge on any atom is 0.226 e. The highest BCUT2D eigenvalue weighted by Gasteiger charge is 2.27. The molecule has 0 spiro atoms. The zero-order valence-electron chi connectivity index (χ0n) is 12.8. The molecule has 2 aromatic heterocycles. The molecule has 3 heterocycles. The zero-order valence-corrected chi connectivity index (χ0v) is 12.8. The topological polar surface area (TPSA) is 90.4 Å². The number of hydrogen-bond donors (Lipinski definition) is 0. The Morgan fingerprint density at radius 1 is 0.957 bits per heavy atom. The molecule has 3 aromatic rings. The molecule has 0 radical (unpaired) electrons. The smallest absolute Gasteiger partial charge is 0.226 e. The van der Waals surface area contributed by atoms with Gasteiger partial charge in [0.2, 0.25) is 11.6 Å². The van der Waals surface area contributed by atoms with Crippen LogP contribution >= 0.6 is 0 Å². The van der Waals surface area contributed by atoms with E-state index in [1.807, 2.05) is 35.0 Å². The average molecular weight is 311 g/mol. The van der Waals surface area contributed by atoms with Gasteiger partial charge in [-0.15, -0.1) is 10.2 Å². The van der Waals surface area contributed by atoms with Crippen molar-refractivity contribution in [2.75, 3.05) is 13.6 Å². The van der Waals surface area contributed by atoms with Crippen LogP contribution in [0.3, 0.4) is 0 Å². The van der Waals surface area contributed by atoms with E-state index in [9.17, 15) is 0 Å². The van der Waals surface area contributed by atoms with Crippen LogP contribution in [0.4, 0.5) is 0 Å². The molecule has 9 nitrogen and oxygen atoms in total. The second kappa shape index (κ2) is 5.84. The number of tetrazole rings is 2. The van der Waals surface area contributed by atoms with Gasteiger partial charge in [0.05, 0.1) is 5.69 Å². The van der Waals surface area contributed by atoms with Crippen LogP contribution in [0.2, 0.25) is 0 Å². The predicted octanol–water partition coefficient (Wildman–Crippen LogP) is 0.930. The molecule has 1 aliphatic rings. The quantitative estimate of drug-likeness (QED) is 0.710. The van der Waals surface area contributed by atoms with Crippen molar-refractivity contribution in [2.24, 2.45) is 0 Å². The van der Waals surface area contributed by atoms with Crippen LogP contribution in [0.15, 0.2) is 30.3 Å². The van der Waals surface area contributed by atoms with Crippen molar-refractivity contribution in [1.29, 1.82) is 0 Å². The van der Waals surface area contributed by atoms with Gasteiger partial charge in [-0.3, -0.25) is 4.90 Å². The van der Waals surface area contributed by atoms with Crippen molar-refractivity contribution < 1.29 is 0 Å². The Kier molecular flexibility index (Phi) is 3.54. The summed E-state index contributed by atoms with van der Waals surface area (Å²) in [6.45, 7) is 1.04. The molecule has 4 rings (SSSR count). The molecule has 1 unspecified atom stereocenters. The molecule has 23 heavy (non-hydrogen) atoms. The van der Waals surface area contributed by atoms with Crippen molar-refractivity contribution in [1.82, 2.24) is 45.3 Å². The van der Waals surface area contributed by atoms with Gasteiger partial charge >= 0.3 is 0 Å². The Morgan fingerprint density at radius 3 is 2.57 bits per heavy atom. The number of benzene rings is 1. The van der Waals surface area contributed by atoms with E-state index in [1.165, 1.54) is 6.42 Å². The molecule has 0 aliphatic carbocycles. The molecule has 1 atom stereocenters. The summed E-state index contributed by atoms with van der Waals surface area (Å²) in [6.07, 6.45) is 3.51. The normalized spacial score (nSPS) is 19.1. The standard InChI is InChI=1S/C14H17N9/c1-21-10-6-5-9-12(21)23-14(16-18-20-23)13-15-17-19-22(13)11-7-3-2-4-8-11/h2-4,7-8,12H,5-6,9-10H2,1H3. The van der Waals surface area contributed by atoms with E-state index in [1.54, 1.807) is 4.68 Å². The van der Waals surface area contributed by atoms with E-state index in [-0.39, 0.29) is 6.17 Å². The minimum absolute atomic E-state index is 0.134. The third-order valence-electron chi connectivity index (χ3n) is 4.18. The number of hydrogen-bond acceptors (Lipinski definition) is 7. The van der Waals surface area contributed by atoms with Gasteiger partial charge in [0, 0.05) is 0 Å². The second-order valence-corrected chi connectivity index (χ2v) is 5.65. The van der Waals surface area contributed by atoms with Gasteiger partial charge in [-0.25, -0.2) is 4.68 Å². The molecule has 118 valence electrons. The summed E-state index contributed by atoms with van der Waals surface area (Å²) in [5, 5.41) is 24.2. The van der Waals surface area contributed by atoms with E-state index >= 15 is 0 Å². The second-order valence-electron chi connectivity index (χ2n) is 5.65. The molecule has 0 amide bonds. The molecule has 9 heteroatoms. The summed E-state index contributed by atoms with van der Waals surface area (Å²) < 4.78 is 3.48. The van der Waals surface area contributed by atoms with Crippen molar-refractivity contribution in [2.45, 2.75) is 25.4 Å². The van der Waals surface area contributed by atoms with Gasteiger partial charge in [0.1, 0.15) is 6.17 Å². The third-order valence-corrected chi connectivity index (χ3v) is 4.18. The summed E-state index contributed by atoms with van der Waals surface area (Å²) in [6, 6.07) is 9.73. The van der Waals surface area contributed by atoms with Gasteiger partial charge in [0.25, 0.3) is 0 Å². The molecular formula is C14H17N9. The molecule has 1 aromatic carbocycles. The number of piperidine rings is 1. The lowest BCUT2D eigenvalue weighted by Crippen LogP contribution is -2.34. The SMILES string of the molecule is CN1CCCCC1n1nnnc1-c1nnnn1-c1ccccc1. The van der Waals surface area contributed by atoms with Gasteiger partial charge in [-0.05, 0) is 65.8 Å². The fraction of sp³-hybridized carbons (Fsp3) is 0.429. The van der Waals surface area contributed by atoms with Crippen LogP contribution in [0.25, 0.3) is 17.3 Å². The average Bonchev–Trinajstić information content (AvgIpc) is 3.25. The molecule has 1 fully saturated rings. The number of likely N-dealkylation sites (tertiary alicyclic amines) is 1. The molecular weight excluding hydrogens is 294 g/mol. The molecule has 0 saturated carbocycles. The van der Waals surface area contributed by atoms with E-state index in [4.69, 9.17) is 0 Å². The summed E-state index contributed by atoms with van der Waals surface area (Å²) in [7, 11) is 2.09. The molecule has 0 N–H and O–H groups in total. The summed E-state index contributed by atoms with van der Waals surface area (Å²) >= 11 is 0. The Morgan fingerprint density at radius 2 is 1.74 bits per heavy atom. The third kappa shape index (κ3) is 2.48. The lowest BCUT2D eigenvalue weighted by molar-refractivity contribution is 0.115. The maximum absolute atomic E-state index is 4.19. The fourth-order valence-electron chi connectivity index (χ4n) is 2.98. The monoisotopic (exact) mass is 311 g/mol. The molecule has 1 aliphatic heterocycles. The van der Waals surface area contributed by atoms with Crippen molar-refractivity contribution in [3.05, 3.63) is 30.3 Å². The Labute approximate surface area is 132 Å². The summed E-state index contributed by atoms with van der Waals surface area (Å²) in [5.41, 5.74) is 0.874. The maximum atomic E-state index is 4.19. The van der Waals surface area contributed by atoms with Crippen LogP contribution in [0.5, 0.6) is 0 Å². The first-order chi connectivity index (χ1) is 11.3. The number of rotatable bonds is 3. The van der Waals surface area contributed by atoms with Gasteiger partial charge < -0.3 is 0 Å². The molecule has 0 bridgehead atoms. The van der Waals surface area contributed by atoms with Crippen LogP contribution in [-0.2, 0) is 0 Å². The predicted molar refractivity (Wildman–Crippen MR) is 81.5 cm³/mol. The fourth-order valence-corrected chi connectivity index (χ4v) is 2.98. The highest BCUT2D eigenvalue weighted by molar-refractivity contribution is 5.47. The Bertz CT molecular complexity index is 778. The first-order valence-corrected chi connectivity index (χ1v) is 7.67. The van der Waals surface area contributed by atoms with Crippen LogP contribution in [0.1, 0.15) is 25.4 Å². The largest absolute Gasteiger partial charge is 0.285 e. The van der Waals surface area contributed by atoms with Gasteiger partial charge in [-0.1, -0.05) is 18.2 Å². The summed E-state index contributed by atoms with van der Waals surface area (Å²) in [4.78, 5) is 2.26. The number of aromatic nitrogens is 8. The van der Waals surface area contributed by atoms with Gasteiger partial charge in [-0.2, -0.15) is 4.68 Å².